The third kappa shape index (κ3) is 2.12. The van der Waals surface area contributed by atoms with Crippen LogP contribution in [0.1, 0.15) is 79.1 Å². The number of carbonyl (C=O) groups is 1. The lowest BCUT2D eigenvalue weighted by Gasteiger charge is -2.63. The molecule has 32 heavy (non-hydrogen) atoms. The third-order valence-corrected chi connectivity index (χ3v) is 12.5. The topological polar surface area (TPSA) is 113 Å². The number of ether oxygens (including phenoxy) is 1. The molecular weight excluding hydrogens is 406 g/mol. The fourth-order valence-corrected chi connectivity index (χ4v) is 11.1. The summed E-state index contributed by atoms with van der Waals surface area (Å²) in [7, 11) is 0. The van der Waals surface area contributed by atoms with E-state index in [2.05, 4.69) is 27.7 Å². The maximum atomic E-state index is 11.8. The molecule has 0 aromatic carbocycles. The van der Waals surface area contributed by atoms with Gasteiger partial charge in [0.2, 0.25) is 0 Å². The van der Waals surface area contributed by atoms with E-state index in [1.54, 1.807) is 0 Å². The summed E-state index contributed by atoms with van der Waals surface area (Å²) in [6.45, 7) is 8.90. The molecule has 1 heterocycles. The molecule has 1 saturated heterocycles. The molecule has 6 rings (SSSR count). The molecule has 0 amide bonds. The standard InChI is InChI=1S/C26H41NO5/c1-13-11-14(21(30)31)32-19-18(13)23(4)9-10-25-12-24(25)8-7-17(28)22(2,3)15(24)5-6-16(25)26(23,27)20(19)29/h13-20,28-29H,5-12,27H2,1-4H3,(H,30,31)/t13-,14?,15+,16?,17+,18+,19?,20+,23?,24?,25?,26+/m1/s1. The Kier molecular flexibility index (Phi) is 4.16. The Morgan fingerprint density at radius 2 is 1.66 bits per heavy atom. The van der Waals surface area contributed by atoms with Gasteiger partial charge in [-0.3, -0.25) is 0 Å². The maximum absolute atomic E-state index is 11.8. The SMILES string of the molecule is C[C@@H]1CC(C(=O)O)OC2[C@H]1C1(C)CCC34CC35CC[C@H](O)C(C)(C)[C@@H]5CCC4[C@]1(N)[C@H]2O. The van der Waals surface area contributed by atoms with Crippen LogP contribution in [0.5, 0.6) is 0 Å². The molecule has 180 valence electrons. The van der Waals surface area contributed by atoms with Crippen molar-refractivity contribution in [2.24, 2.45) is 51.1 Å². The first-order chi connectivity index (χ1) is 14.9. The van der Waals surface area contributed by atoms with Crippen LogP contribution in [0.3, 0.4) is 0 Å². The van der Waals surface area contributed by atoms with E-state index >= 15 is 0 Å². The summed E-state index contributed by atoms with van der Waals surface area (Å²) in [6, 6.07) is 0. The first kappa shape index (κ1) is 21.8. The lowest BCUT2D eigenvalue weighted by atomic mass is 9.43. The van der Waals surface area contributed by atoms with Gasteiger partial charge in [0, 0.05) is 0 Å². The molecule has 6 fully saturated rings. The summed E-state index contributed by atoms with van der Waals surface area (Å²) >= 11 is 0. The first-order valence-electron chi connectivity index (χ1n) is 12.9. The molecule has 5 saturated carbocycles. The van der Waals surface area contributed by atoms with E-state index in [0.29, 0.717) is 12.3 Å². The normalized spacial score (nSPS) is 62.1. The average Bonchev–Trinajstić information content (AvgIpc) is 3.36. The van der Waals surface area contributed by atoms with Crippen LogP contribution in [-0.4, -0.2) is 51.2 Å². The van der Waals surface area contributed by atoms with Gasteiger partial charge in [0.05, 0.1) is 23.9 Å². The van der Waals surface area contributed by atoms with Crippen LogP contribution in [0.25, 0.3) is 0 Å². The summed E-state index contributed by atoms with van der Waals surface area (Å²) in [4.78, 5) is 11.7. The number of rotatable bonds is 1. The molecule has 0 aromatic heterocycles. The highest BCUT2D eigenvalue weighted by Crippen LogP contribution is 2.87. The molecule has 6 heteroatoms. The molecule has 6 unspecified atom stereocenters. The summed E-state index contributed by atoms with van der Waals surface area (Å²) in [5.74, 6) is 0.0514. The fourth-order valence-electron chi connectivity index (χ4n) is 11.1. The van der Waals surface area contributed by atoms with Crippen LogP contribution in [0.15, 0.2) is 0 Å². The summed E-state index contributed by atoms with van der Waals surface area (Å²) in [6.07, 6.45) is 5.33. The van der Waals surface area contributed by atoms with Crippen LogP contribution in [0.4, 0.5) is 0 Å². The van der Waals surface area contributed by atoms with Crippen LogP contribution >= 0.6 is 0 Å². The number of aliphatic hydroxyl groups excluding tert-OH is 2. The molecule has 5 aliphatic carbocycles. The molecular formula is C26H41NO5. The van der Waals surface area contributed by atoms with E-state index in [0.717, 1.165) is 38.5 Å². The first-order valence-corrected chi connectivity index (χ1v) is 12.9. The zero-order chi connectivity index (χ0) is 23.1. The Hall–Kier alpha value is -0.690. The van der Waals surface area contributed by atoms with Crippen molar-refractivity contribution in [3.8, 4) is 0 Å². The van der Waals surface area contributed by atoms with Gasteiger partial charge in [0.25, 0.3) is 0 Å². The van der Waals surface area contributed by atoms with Crippen molar-refractivity contribution < 1.29 is 24.9 Å². The number of hydrogen-bond acceptors (Lipinski definition) is 5. The minimum atomic E-state index is -0.935. The highest BCUT2D eigenvalue weighted by atomic mass is 16.5. The van der Waals surface area contributed by atoms with Crippen molar-refractivity contribution in [2.75, 3.05) is 0 Å². The van der Waals surface area contributed by atoms with E-state index in [1.807, 2.05) is 0 Å². The van der Waals surface area contributed by atoms with Gasteiger partial charge in [-0.15, -0.1) is 0 Å². The summed E-state index contributed by atoms with van der Waals surface area (Å²) < 4.78 is 6.09. The van der Waals surface area contributed by atoms with Gasteiger partial charge in [-0.05, 0) is 96.7 Å². The summed E-state index contributed by atoms with van der Waals surface area (Å²) in [5.41, 5.74) is 6.76. The molecule has 6 nitrogen and oxygen atoms in total. The quantitative estimate of drug-likeness (QED) is 0.492. The Morgan fingerprint density at radius 1 is 1.00 bits per heavy atom. The number of carboxylic acids is 1. The zero-order valence-electron chi connectivity index (χ0n) is 20.0. The average molecular weight is 448 g/mol. The van der Waals surface area contributed by atoms with Crippen LogP contribution < -0.4 is 5.73 Å². The smallest absolute Gasteiger partial charge is 0.332 e. The van der Waals surface area contributed by atoms with E-state index in [9.17, 15) is 20.1 Å². The number of aliphatic carboxylic acids is 1. The number of carboxylic acid groups (broad SMARTS) is 1. The molecule has 0 radical (unpaired) electrons. The molecule has 2 spiro atoms. The number of hydrogen-bond donors (Lipinski definition) is 4. The predicted octanol–water partition coefficient (Wildman–Crippen LogP) is 2.94. The largest absolute Gasteiger partial charge is 0.479 e. The molecule has 1 aliphatic heterocycles. The third-order valence-electron chi connectivity index (χ3n) is 12.5. The van der Waals surface area contributed by atoms with Crippen molar-refractivity contribution in [3.63, 3.8) is 0 Å². The minimum absolute atomic E-state index is 0.0795. The minimum Gasteiger partial charge on any atom is -0.479 e. The van der Waals surface area contributed by atoms with E-state index in [-0.39, 0.29) is 45.5 Å². The molecule has 6 aliphatic rings. The Labute approximate surface area is 191 Å². The van der Waals surface area contributed by atoms with Crippen molar-refractivity contribution in [2.45, 2.75) is 109 Å². The number of aliphatic hydroxyl groups is 2. The number of nitrogens with two attached hydrogens (primary N) is 1. The van der Waals surface area contributed by atoms with E-state index in [4.69, 9.17) is 10.5 Å². The van der Waals surface area contributed by atoms with Crippen LogP contribution in [-0.2, 0) is 9.53 Å². The Morgan fingerprint density at radius 3 is 2.34 bits per heavy atom. The molecule has 5 N–H and O–H groups in total. The van der Waals surface area contributed by atoms with Gasteiger partial charge in [0.15, 0.2) is 6.10 Å². The van der Waals surface area contributed by atoms with Gasteiger partial charge < -0.3 is 25.8 Å². The van der Waals surface area contributed by atoms with Crippen molar-refractivity contribution in [1.29, 1.82) is 0 Å². The molecule has 0 aromatic rings. The van der Waals surface area contributed by atoms with E-state index in [1.165, 1.54) is 6.42 Å². The number of fused-ring (bicyclic) bond motifs is 4. The highest BCUT2D eigenvalue weighted by molar-refractivity contribution is 5.72. The lowest BCUT2D eigenvalue weighted by Crippen LogP contribution is -2.70. The monoisotopic (exact) mass is 447 g/mol. The maximum Gasteiger partial charge on any atom is 0.332 e. The van der Waals surface area contributed by atoms with Gasteiger partial charge >= 0.3 is 5.97 Å². The molecule has 0 bridgehead atoms. The van der Waals surface area contributed by atoms with Gasteiger partial charge in [-0.25, -0.2) is 4.79 Å². The van der Waals surface area contributed by atoms with Crippen molar-refractivity contribution in [3.05, 3.63) is 0 Å². The predicted molar refractivity (Wildman–Crippen MR) is 119 cm³/mol. The lowest BCUT2D eigenvalue weighted by molar-refractivity contribution is -0.178. The second-order valence-electron chi connectivity index (χ2n) is 13.5. The van der Waals surface area contributed by atoms with E-state index < -0.39 is 29.8 Å². The Bertz CT molecular complexity index is 861. The second-order valence-corrected chi connectivity index (χ2v) is 13.5. The van der Waals surface area contributed by atoms with Crippen molar-refractivity contribution >= 4 is 5.97 Å². The van der Waals surface area contributed by atoms with Gasteiger partial charge in [0.1, 0.15) is 0 Å². The van der Waals surface area contributed by atoms with Gasteiger partial charge in [-0.1, -0.05) is 27.7 Å². The van der Waals surface area contributed by atoms with Gasteiger partial charge in [-0.2, -0.15) is 0 Å². The van der Waals surface area contributed by atoms with Crippen LogP contribution in [0, 0.1) is 45.3 Å². The second kappa shape index (κ2) is 6.10. The zero-order valence-corrected chi connectivity index (χ0v) is 20.0. The highest BCUT2D eigenvalue weighted by Gasteiger charge is 2.85. The Balaban J connectivity index is 1.40. The van der Waals surface area contributed by atoms with Crippen LogP contribution in [0.2, 0.25) is 0 Å². The summed E-state index contributed by atoms with van der Waals surface area (Å²) in [5, 5.41) is 32.2. The molecule has 12 atom stereocenters. The fraction of sp³-hybridized carbons (Fsp3) is 0.962. The van der Waals surface area contributed by atoms with Crippen molar-refractivity contribution in [1.82, 2.24) is 0 Å².